The molecule has 0 fully saturated rings. The number of fused-ring (bicyclic) bond motifs is 1. The van der Waals surface area contributed by atoms with Crippen molar-refractivity contribution in [3.8, 4) is 21.8 Å². The lowest BCUT2D eigenvalue weighted by Gasteiger charge is -2.11. The number of likely N-dealkylation sites (N-methyl/N-ethyl adjacent to an activating group) is 1. The minimum absolute atomic E-state index is 0.0113. The van der Waals surface area contributed by atoms with Crippen molar-refractivity contribution in [2.45, 2.75) is 30.5 Å². The molecule has 6 nitrogen and oxygen atoms in total. The van der Waals surface area contributed by atoms with Gasteiger partial charge in [0.1, 0.15) is 15.5 Å². The lowest BCUT2D eigenvalue weighted by atomic mass is 10.0. The SMILES string of the molecule is CCCCSc1sc2nc(-c3nccs3)cc(-c3ccc(CNC(=O)CN(C)C)cc3)c2c1N. The second-order valence-electron chi connectivity index (χ2n) is 8.29. The van der Waals surface area contributed by atoms with E-state index in [4.69, 9.17) is 10.7 Å². The molecule has 3 N–H and O–H groups in total. The van der Waals surface area contributed by atoms with Crippen LogP contribution in [0.5, 0.6) is 0 Å². The Morgan fingerprint density at radius 2 is 2.03 bits per heavy atom. The number of thiazole rings is 1. The smallest absolute Gasteiger partial charge is 0.234 e. The predicted octanol–water partition coefficient (Wildman–Crippen LogP) is 5.74. The topological polar surface area (TPSA) is 84.1 Å². The van der Waals surface area contributed by atoms with Gasteiger partial charge in [0.2, 0.25) is 5.91 Å². The Morgan fingerprint density at radius 3 is 2.71 bits per heavy atom. The maximum absolute atomic E-state index is 12.0. The van der Waals surface area contributed by atoms with Gasteiger partial charge in [-0.15, -0.1) is 34.4 Å². The molecule has 0 aliphatic carbocycles. The molecule has 0 spiro atoms. The molecule has 0 saturated heterocycles. The number of pyridine rings is 1. The van der Waals surface area contributed by atoms with Crippen molar-refractivity contribution in [2.75, 3.05) is 32.1 Å². The number of carbonyl (C=O) groups excluding carboxylic acids is 1. The van der Waals surface area contributed by atoms with Crippen molar-refractivity contribution >= 4 is 56.2 Å². The van der Waals surface area contributed by atoms with Crippen molar-refractivity contribution < 1.29 is 4.79 Å². The molecule has 34 heavy (non-hydrogen) atoms. The van der Waals surface area contributed by atoms with Crippen LogP contribution in [0.25, 0.3) is 32.0 Å². The number of nitrogen functional groups attached to an aromatic ring is 1. The van der Waals surface area contributed by atoms with E-state index in [1.54, 1.807) is 28.9 Å². The van der Waals surface area contributed by atoms with Crippen molar-refractivity contribution in [1.82, 2.24) is 20.2 Å². The van der Waals surface area contributed by atoms with Crippen LogP contribution in [-0.4, -0.2) is 47.2 Å². The Balaban J connectivity index is 1.68. The number of hydrogen-bond acceptors (Lipinski definition) is 8. The number of benzene rings is 1. The molecule has 9 heteroatoms. The molecule has 178 valence electrons. The summed E-state index contributed by atoms with van der Waals surface area (Å²) in [7, 11) is 3.77. The van der Waals surface area contributed by atoms with E-state index in [0.29, 0.717) is 13.1 Å². The Hall–Kier alpha value is -2.46. The van der Waals surface area contributed by atoms with Crippen LogP contribution in [0.15, 0.2) is 46.1 Å². The molecular formula is C25H29N5OS3. The molecule has 4 aromatic rings. The first-order chi connectivity index (χ1) is 16.5. The summed E-state index contributed by atoms with van der Waals surface area (Å²) in [6, 6.07) is 10.4. The van der Waals surface area contributed by atoms with Gasteiger partial charge in [0, 0.05) is 23.5 Å². The van der Waals surface area contributed by atoms with Crippen LogP contribution in [0.2, 0.25) is 0 Å². The van der Waals surface area contributed by atoms with Gasteiger partial charge < -0.3 is 16.0 Å². The predicted molar refractivity (Wildman–Crippen MR) is 147 cm³/mol. The van der Waals surface area contributed by atoms with E-state index in [2.05, 4.69) is 47.6 Å². The van der Waals surface area contributed by atoms with E-state index in [-0.39, 0.29) is 5.91 Å². The zero-order valence-corrected chi connectivity index (χ0v) is 22.1. The highest BCUT2D eigenvalue weighted by Crippen LogP contribution is 2.45. The fraction of sp³-hybridized carbons (Fsp3) is 0.320. The summed E-state index contributed by atoms with van der Waals surface area (Å²) >= 11 is 5.07. The second-order valence-corrected chi connectivity index (χ2v) is 11.5. The zero-order chi connectivity index (χ0) is 24.1. The van der Waals surface area contributed by atoms with Gasteiger partial charge in [-0.1, -0.05) is 37.6 Å². The number of aromatic nitrogens is 2. The fourth-order valence-electron chi connectivity index (χ4n) is 3.55. The van der Waals surface area contributed by atoms with Crippen molar-refractivity contribution in [1.29, 1.82) is 0 Å². The summed E-state index contributed by atoms with van der Waals surface area (Å²) in [5.74, 6) is 1.06. The maximum Gasteiger partial charge on any atom is 0.234 e. The third-order valence-electron chi connectivity index (χ3n) is 5.26. The lowest BCUT2D eigenvalue weighted by Crippen LogP contribution is -2.32. The molecule has 0 saturated carbocycles. The molecule has 3 heterocycles. The highest BCUT2D eigenvalue weighted by atomic mass is 32.2. The molecule has 0 unspecified atom stereocenters. The van der Waals surface area contributed by atoms with Crippen molar-refractivity contribution in [2.24, 2.45) is 0 Å². The lowest BCUT2D eigenvalue weighted by molar-refractivity contribution is -0.121. The Labute approximate surface area is 212 Å². The molecule has 1 amide bonds. The van der Waals surface area contributed by atoms with Crippen LogP contribution in [0.4, 0.5) is 5.69 Å². The van der Waals surface area contributed by atoms with Crippen molar-refractivity contribution in [3.63, 3.8) is 0 Å². The fourth-order valence-corrected chi connectivity index (χ4v) is 6.60. The summed E-state index contributed by atoms with van der Waals surface area (Å²) in [6.45, 7) is 3.08. The highest BCUT2D eigenvalue weighted by molar-refractivity contribution is 8.01. The molecular weight excluding hydrogens is 483 g/mol. The van der Waals surface area contributed by atoms with E-state index < -0.39 is 0 Å². The Morgan fingerprint density at radius 1 is 1.24 bits per heavy atom. The summed E-state index contributed by atoms with van der Waals surface area (Å²) in [4.78, 5) is 24.2. The first-order valence-electron chi connectivity index (χ1n) is 11.2. The summed E-state index contributed by atoms with van der Waals surface area (Å²) in [5, 5.41) is 6.84. The molecule has 1 aromatic carbocycles. The van der Waals surface area contributed by atoms with E-state index in [1.165, 1.54) is 0 Å². The van der Waals surface area contributed by atoms with Gasteiger partial charge in [-0.05, 0) is 49.0 Å². The number of anilines is 1. The van der Waals surface area contributed by atoms with E-state index in [1.807, 2.05) is 36.1 Å². The molecule has 0 atom stereocenters. The summed E-state index contributed by atoms with van der Waals surface area (Å²) < 4.78 is 1.13. The third-order valence-corrected chi connectivity index (χ3v) is 8.53. The molecule has 0 radical (unpaired) electrons. The molecule has 3 aromatic heterocycles. The number of carbonyl (C=O) groups is 1. The standard InChI is InChI=1S/C25H29N5OS3/c1-4-5-11-33-25-22(26)21-18(13-19(29-24(21)34-25)23-27-10-12-32-23)17-8-6-16(7-9-17)14-28-20(31)15-30(2)3/h6-10,12-13H,4-5,11,14-15,26H2,1-3H3,(H,28,31). The van der Waals surface area contributed by atoms with E-state index in [0.717, 1.165) is 66.1 Å². The van der Waals surface area contributed by atoms with Crippen LogP contribution in [-0.2, 0) is 11.3 Å². The number of thioether (sulfide) groups is 1. The number of nitrogens with two attached hydrogens (primary N) is 1. The minimum Gasteiger partial charge on any atom is -0.397 e. The molecule has 0 aliphatic rings. The number of amides is 1. The van der Waals surface area contributed by atoms with E-state index in [9.17, 15) is 4.79 Å². The van der Waals surface area contributed by atoms with Crippen LogP contribution < -0.4 is 11.1 Å². The number of thiophene rings is 1. The first-order valence-corrected chi connectivity index (χ1v) is 13.9. The number of nitrogens with one attached hydrogen (secondary N) is 1. The van der Waals surface area contributed by atoms with Crippen LogP contribution in [0.3, 0.4) is 0 Å². The van der Waals surface area contributed by atoms with Gasteiger partial charge in [0.05, 0.1) is 16.4 Å². The third kappa shape index (κ3) is 5.78. The normalized spacial score (nSPS) is 11.4. The quantitative estimate of drug-likeness (QED) is 0.209. The number of rotatable bonds is 10. The summed E-state index contributed by atoms with van der Waals surface area (Å²) in [6.07, 6.45) is 4.13. The minimum atomic E-state index is 0.0113. The maximum atomic E-state index is 12.0. The molecule has 0 bridgehead atoms. The Bertz CT molecular complexity index is 1250. The monoisotopic (exact) mass is 511 g/mol. The largest absolute Gasteiger partial charge is 0.397 e. The van der Waals surface area contributed by atoms with E-state index >= 15 is 0 Å². The van der Waals surface area contributed by atoms with Gasteiger partial charge in [-0.3, -0.25) is 4.79 Å². The number of hydrogen-bond donors (Lipinski definition) is 2. The summed E-state index contributed by atoms with van der Waals surface area (Å²) in [5.41, 5.74) is 11.5. The van der Waals surface area contributed by atoms with Gasteiger partial charge in [0.15, 0.2) is 0 Å². The second kappa shape index (κ2) is 11.3. The van der Waals surface area contributed by atoms with Crippen LogP contribution >= 0.6 is 34.4 Å². The molecule has 4 rings (SSSR count). The highest BCUT2D eigenvalue weighted by Gasteiger charge is 2.19. The Kier molecular flexibility index (Phi) is 8.20. The average molecular weight is 512 g/mol. The number of nitrogens with zero attached hydrogens (tertiary/aromatic N) is 3. The number of unbranched alkanes of at least 4 members (excludes halogenated alkanes) is 1. The van der Waals surface area contributed by atoms with Crippen molar-refractivity contribution in [3.05, 3.63) is 47.5 Å². The van der Waals surface area contributed by atoms with Gasteiger partial charge in [-0.25, -0.2) is 9.97 Å². The van der Waals surface area contributed by atoms with Crippen LogP contribution in [0, 0.1) is 0 Å². The zero-order valence-electron chi connectivity index (χ0n) is 19.6. The van der Waals surface area contributed by atoms with Crippen LogP contribution in [0.1, 0.15) is 25.3 Å². The van der Waals surface area contributed by atoms with Gasteiger partial charge in [-0.2, -0.15) is 0 Å². The molecule has 0 aliphatic heterocycles. The van der Waals surface area contributed by atoms with Gasteiger partial charge >= 0.3 is 0 Å². The first kappa shape index (κ1) is 24.7. The van der Waals surface area contributed by atoms with Gasteiger partial charge in [0.25, 0.3) is 0 Å². The average Bonchev–Trinajstić information content (AvgIpc) is 3.46.